The number of aliphatic carboxylic acids is 1. The Morgan fingerprint density at radius 3 is 2.76 bits per heavy atom. The van der Waals surface area contributed by atoms with E-state index in [0.29, 0.717) is 18.7 Å². The van der Waals surface area contributed by atoms with Crippen molar-refractivity contribution in [3.05, 3.63) is 29.8 Å². The minimum atomic E-state index is -1.17. The number of carbonyl (C=O) groups is 2. The predicted octanol–water partition coefficient (Wildman–Crippen LogP) is 1.47. The molecule has 1 atom stereocenters. The van der Waals surface area contributed by atoms with Crippen LogP contribution in [0.15, 0.2) is 24.3 Å². The Kier molecular flexibility index (Phi) is 6.78. The highest BCUT2D eigenvalue weighted by Crippen LogP contribution is 2.15. The van der Waals surface area contributed by atoms with Gasteiger partial charge in [0.05, 0.1) is 6.61 Å². The van der Waals surface area contributed by atoms with E-state index in [9.17, 15) is 9.59 Å². The predicted molar refractivity (Wildman–Crippen MR) is 79.1 cm³/mol. The molecular weight excluding hydrogens is 272 g/mol. The summed E-state index contributed by atoms with van der Waals surface area (Å²) in [5.41, 5.74) is 1.51. The molecule has 0 radical (unpaired) electrons. The molecule has 112 valence electrons. The maximum absolute atomic E-state index is 11.8. The van der Waals surface area contributed by atoms with E-state index >= 15 is 0 Å². The van der Waals surface area contributed by atoms with Crippen LogP contribution in [0.5, 0.6) is 0 Å². The van der Waals surface area contributed by atoms with Crippen LogP contribution < -0.4 is 10.6 Å². The summed E-state index contributed by atoms with van der Waals surface area (Å²) >= 11 is 0. The van der Waals surface area contributed by atoms with Crippen molar-refractivity contribution in [3.63, 3.8) is 0 Å². The zero-order chi connectivity index (χ0) is 15.7. The second-order valence-corrected chi connectivity index (χ2v) is 4.30. The van der Waals surface area contributed by atoms with Crippen LogP contribution in [0.25, 0.3) is 0 Å². The normalized spacial score (nSPS) is 11.2. The number of terminal acetylenes is 1. The number of anilines is 1. The first-order valence-corrected chi connectivity index (χ1v) is 6.39. The largest absolute Gasteiger partial charge is 0.480 e. The summed E-state index contributed by atoms with van der Waals surface area (Å²) in [4.78, 5) is 22.8. The zero-order valence-electron chi connectivity index (χ0n) is 11.8. The number of ether oxygens (including phenoxy) is 1. The fourth-order valence-electron chi connectivity index (χ4n) is 1.71. The molecule has 0 fully saturated rings. The number of methoxy groups -OCH3 is 1. The number of urea groups is 1. The molecule has 0 bridgehead atoms. The molecule has 0 saturated heterocycles. The summed E-state index contributed by atoms with van der Waals surface area (Å²) in [5, 5.41) is 13.9. The third kappa shape index (κ3) is 5.55. The molecule has 0 aromatic heterocycles. The standard InChI is InChI=1S/C15H18N2O4/c1-3-6-13(14(18)19)17-15(20)16-12-8-5-4-7-11(12)9-10-21-2/h1,4-5,7-8,13H,6,9-10H2,2H3,(H,18,19)(H2,16,17,20). The molecule has 1 aromatic rings. The number of carboxylic acid groups (broad SMARTS) is 1. The Bertz CT molecular complexity index is 537. The minimum Gasteiger partial charge on any atom is -0.480 e. The number of nitrogens with one attached hydrogen (secondary N) is 2. The summed E-state index contributed by atoms with van der Waals surface area (Å²) in [6.07, 6.45) is 5.64. The van der Waals surface area contributed by atoms with E-state index in [1.54, 1.807) is 19.2 Å². The quantitative estimate of drug-likeness (QED) is 0.664. The van der Waals surface area contributed by atoms with E-state index in [-0.39, 0.29) is 6.42 Å². The molecule has 2 amide bonds. The van der Waals surface area contributed by atoms with Crippen LogP contribution in [0.1, 0.15) is 12.0 Å². The third-order valence-electron chi connectivity index (χ3n) is 2.77. The van der Waals surface area contributed by atoms with Crippen LogP contribution in [0.4, 0.5) is 10.5 Å². The minimum absolute atomic E-state index is 0.0753. The van der Waals surface area contributed by atoms with Gasteiger partial charge in [-0.3, -0.25) is 0 Å². The summed E-state index contributed by atoms with van der Waals surface area (Å²) in [6, 6.07) is 5.52. The summed E-state index contributed by atoms with van der Waals surface area (Å²) in [6.45, 7) is 0.523. The highest BCUT2D eigenvalue weighted by Gasteiger charge is 2.19. The molecule has 0 aliphatic rings. The molecule has 1 unspecified atom stereocenters. The highest BCUT2D eigenvalue weighted by atomic mass is 16.5. The van der Waals surface area contributed by atoms with Gasteiger partial charge in [-0.15, -0.1) is 12.3 Å². The van der Waals surface area contributed by atoms with Gasteiger partial charge in [0.2, 0.25) is 0 Å². The highest BCUT2D eigenvalue weighted by molar-refractivity contribution is 5.93. The van der Waals surface area contributed by atoms with Gasteiger partial charge in [0, 0.05) is 19.2 Å². The lowest BCUT2D eigenvalue weighted by atomic mass is 10.1. The Labute approximate surface area is 123 Å². The fourth-order valence-corrected chi connectivity index (χ4v) is 1.71. The van der Waals surface area contributed by atoms with Crippen LogP contribution in [0, 0.1) is 12.3 Å². The average molecular weight is 290 g/mol. The van der Waals surface area contributed by atoms with Gasteiger partial charge in [0.15, 0.2) is 0 Å². The van der Waals surface area contributed by atoms with Crippen molar-refractivity contribution in [1.82, 2.24) is 5.32 Å². The van der Waals surface area contributed by atoms with Crippen molar-refractivity contribution in [2.45, 2.75) is 18.9 Å². The van der Waals surface area contributed by atoms with Crippen LogP contribution in [-0.2, 0) is 16.0 Å². The number of hydrogen-bond acceptors (Lipinski definition) is 3. The molecule has 0 saturated carbocycles. The molecule has 3 N–H and O–H groups in total. The molecule has 6 heteroatoms. The second kappa shape index (κ2) is 8.61. The summed E-state index contributed by atoms with van der Waals surface area (Å²) in [7, 11) is 1.60. The molecule has 0 aliphatic carbocycles. The fraction of sp³-hybridized carbons (Fsp3) is 0.333. The van der Waals surface area contributed by atoms with Gasteiger partial charge in [-0.25, -0.2) is 9.59 Å². The van der Waals surface area contributed by atoms with Crippen molar-refractivity contribution in [3.8, 4) is 12.3 Å². The average Bonchev–Trinajstić information content (AvgIpc) is 2.45. The second-order valence-electron chi connectivity index (χ2n) is 4.30. The van der Waals surface area contributed by atoms with Crippen molar-refractivity contribution < 1.29 is 19.4 Å². The maximum Gasteiger partial charge on any atom is 0.327 e. The van der Waals surface area contributed by atoms with E-state index in [1.165, 1.54) is 0 Å². The Morgan fingerprint density at radius 2 is 2.14 bits per heavy atom. The van der Waals surface area contributed by atoms with Gasteiger partial charge < -0.3 is 20.5 Å². The van der Waals surface area contributed by atoms with Gasteiger partial charge in [0.1, 0.15) is 6.04 Å². The summed E-state index contributed by atoms with van der Waals surface area (Å²) < 4.78 is 5.01. The molecule has 1 aromatic carbocycles. The first-order valence-electron chi connectivity index (χ1n) is 6.39. The topological polar surface area (TPSA) is 87.7 Å². The molecule has 21 heavy (non-hydrogen) atoms. The first kappa shape index (κ1) is 16.5. The number of hydrogen-bond donors (Lipinski definition) is 3. The molecular formula is C15H18N2O4. The summed E-state index contributed by atoms with van der Waals surface area (Å²) in [5.74, 6) is 1.05. The molecule has 0 heterocycles. The Hall–Kier alpha value is -2.52. The van der Waals surface area contributed by atoms with Crippen LogP contribution in [0.3, 0.4) is 0 Å². The van der Waals surface area contributed by atoms with Gasteiger partial charge in [-0.1, -0.05) is 18.2 Å². The number of carbonyl (C=O) groups excluding carboxylic acids is 1. The number of benzene rings is 1. The van der Waals surface area contributed by atoms with Crippen molar-refractivity contribution in [2.24, 2.45) is 0 Å². The maximum atomic E-state index is 11.8. The van der Waals surface area contributed by atoms with Crippen molar-refractivity contribution >= 4 is 17.7 Å². The monoisotopic (exact) mass is 290 g/mol. The van der Waals surface area contributed by atoms with Gasteiger partial charge in [-0.2, -0.15) is 0 Å². The van der Waals surface area contributed by atoms with Crippen LogP contribution in [-0.4, -0.2) is 36.9 Å². The van der Waals surface area contributed by atoms with Gasteiger partial charge in [0.25, 0.3) is 0 Å². The number of carboxylic acids is 1. The van der Waals surface area contributed by atoms with Crippen molar-refractivity contribution in [2.75, 3.05) is 19.0 Å². The van der Waals surface area contributed by atoms with E-state index in [4.69, 9.17) is 16.3 Å². The van der Waals surface area contributed by atoms with Gasteiger partial charge in [-0.05, 0) is 18.1 Å². The third-order valence-corrected chi connectivity index (χ3v) is 2.77. The molecule has 1 rings (SSSR count). The molecule has 0 spiro atoms. The van der Waals surface area contributed by atoms with E-state index < -0.39 is 18.0 Å². The number of rotatable bonds is 7. The zero-order valence-corrected chi connectivity index (χ0v) is 11.8. The SMILES string of the molecule is C#CCC(NC(=O)Nc1ccccc1CCOC)C(=O)O. The smallest absolute Gasteiger partial charge is 0.327 e. The van der Waals surface area contributed by atoms with E-state index in [1.807, 2.05) is 12.1 Å². The Morgan fingerprint density at radius 1 is 1.43 bits per heavy atom. The van der Waals surface area contributed by atoms with E-state index in [2.05, 4.69) is 16.6 Å². The van der Waals surface area contributed by atoms with Gasteiger partial charge >= 0.3 is 12.0 Å². The lowest BCUT2D eigenvalue weighted by Crippen LogP contribution is -2.42. The number of amides is 2. The number of para-hydroxylation sites is 1. The van der Waals surface area contributed by atoms with Crippen LogP contribution >= 0.6 is 0 Å². The van der Waals surface area contributed by atoms with Crippen molar-refractivity contribution in [1.29, 1.82) is 0 Å². The first-order chi connectivity index (χ1) is 10.1. The molecule has 6 nitrogen and oxygen atoms in total. The van der Waals surface area contributed by atoms with Crippen LogP contribution in [0.2, 0.25) is 0 Å². The molecule has 0 aliphatic heterocycles. The Balaban J connectivity index is 2.70. The lowest BCUT2D eigenvalue weighted by molar-refractivity contribution is -0.139. The van der Waals surface area contributed by atoms with E-state index in [0.717, 1.165) is 5.56 Å². The lowest BCUT2D eigenvalue weighted by Gasteiger charge is -2.15.